The van der Waals surface area contributed by atoms with Gasteiger partial charge < -0.3 is 9.15 Å². The fourth-order valence-electron chi connectivity index (χ4n) is 2.49. The van der Waals surface area contributed by atoms with Crippen LogP contribution in [0, 0.1) is 0 Å². The van der Waals surface area contributed by atoms with Crippen molar-refractivity contribution in [3.63, 3.8) is 0 Å². The molecule has 0 atom stereocenters. The summed E-state index contributed by atoms with van der Waals surface area (Å²) in [7, 11) is 1.60. The first kappa shape index (κ1) is 14.2. The average molecular weight is 331 g/mol. The fourth-order valence-corrected chi connectivity index (χ4v) is 3.47. The van der Waals surface area contributed by atoms with Crippen molar-refractivity contribution in [3.8, 4) is 17.3 Å². The van der Waals surface area contributed by atoms with Crippen LogP contribution in [0.3, 0.4) is 0 Å². The second-order valence-electron chi connectivity index (χ2n) is 5.12. The minimum Gasteiger partial charge on any atom is -0.481 e. The number of thiazole rings is 1. The van der Waals surface area contributed by atoms with E-state index in [4.69, 9.17) is 9.15 Å². The highest BCUT2D eigenvalue weighted by Gasteiger charge is 2.14. The number of aryl methyl sites for hydroxylation is 1. The van der Waals surface area contributed by atoms with Crippen LogP contribution in [0.15, 0.2) is 34.9 Å². The van der Waals surface area contributed by atoms with Gasteiger partial charge >= 0.3 is 0 Å². The third-order valence-electron chi connectivity index (χ3n) is 3.62. The van der Waals surface area contributed by atoms with Crippen molar-refractivity contribution < 1.29 is 13.5 Å². The maximum atomic E-state index is 12.2. The number of methoxy groups -OCH3 is 1. The number of imidazole rings is 1. The van der Waals surface area contributed by atoms with Gasteiger partial charge in [0.15, 0.2) is 10.7 Å². The van der Waals surface area contributed by atoms with Gasteiger partial charge in [0.2, 0.25) is 5.88 Å². The molecule has 0 aliphatic carbocycles. The van der Waals surface area contributed by atoms with E-state index in [1.807, 2.05) is 34.9 Å². The molecule has 0 aliphatic rings. The molecule has 0 radical (unpaired) electrons. The maximum absolute atomic E-state index is 12.2. The van der Waals surface area contributed by atoms with Crippen LogP contribution >= 0.6 is 11.3 Å². The standard InChI is InChI=1S/C16H14FN3O2S/c1-21-14-7-5-12-15(19-14)23-16-18-11(9-20(12)16)13-6-4-10(22-13)3-2-8-17/h4-7,9H,2-3,8H2,1H3. The van der Waals surface area contributed by atoms with Crippen molar-refractivity contribution >= 4 is 26.6 Å². The molecule has 0 aromatic carbocycles. The number of fused-ring (bicyclic) bond motifs is 3. The van der Waals surface area contributed by atoms with E-state index >= 15 is 0 Å². The molecule has 0 aliphatic heterocycles. The van der Waals surface area contributed by atoms with Gasteiger partial charge in [-0.2, -0.15) is 0 Å². The summed E-state index contributed by atoms with van der Waals surface area (Å²) >= 11 is 1.50. The zero-order chi connectivity index (χ0) is 15.8. The van der Waals surface area contributed by atoms with E-state index in [1.54, 1.807) is 7.11 Å². The highest BCUT2D eigenvalue weighted by Crippen LogP contribution is 2.30. The number of ether oxygens (including phenoxy) is 1. The van der Waals surface area contributed by atoms with Gasteiger partial charge in [0, 0.05) is 18.7 Å². The van der Waals surface area contributed by atoms with Crippen LogP contribution in [0.25, 0.3) is 26.8 Å². The van der Waals surface area contributed by atoms with Crippen molar-refractivity contribution in [1.29, 1.82) is 0 Å². The molecule has 0 bridgehead atoms. The van der Waals surface area contributed by atoms with Crippen molar-refractivity contribution in [2.45, 2.75) is 12.8 Å². The number of halogens is 1. The number of aromatic nitrogens is 3. The normalized spacial score (nSPS) is 11.6. The number of hydrogen-bond donors (Lipinski definition) is 0. The van der Waals surface area contributed by atoms with Crippen LogP contribution in [0.2, 0.25) is 0 Å². The fraction of sp³-hybridized carbons (Fsp3) is 0.250. The lowest BCUT2D eigenvalue weighted by Gasteiger charge is -1.97. The molecule has 0 spiro atoms. The Labute approximate surface area is 135 Å². The van der Waals surface area contributed by atoms with Gasteiger partial charge in [-0.05, 0) is 24.6 Å². The lowest BCUT2D eigenvalue weighted by molar-refractivity contribution is 0.400. The number of alkyl halides is 1. The van der Waals surface area contributed by atoms with Gasteiger partial charge in [-0.25, -0.2) is 9.97 Å². The van der Waals surface area contributed by atoms with Crippen LogP contribution < -0.4 is 4.74 Å². The molecular formula is C16H14FN3O2S. The predicted octanol–water partition coefficient (Wildman–Crippen LogP) is 4.11. The molecule has 0 amide bonds. The first-order valence-electron chi connectivity index (χ1n) is 7.26. The maximum Gasteiger partial charge on any atom is 0.214 e. The van der Waals surface area contributed by atoms with Crippen molar-refractivity contribution in [2.24, 2.45) is 0 Å². The second-order valence-corrected chi connectivity index (χ2v) is 6.07. The summed E-state index contributed by atoms with van der Waals surface area (Å²) in [5.74, 6) is 2.07. The van der Waals surface area contributed by atoms with E-state index in [1.165, 1.54) is 11.3 Å². The molecule has 0 fully saturated rings. The number of rotatable bonds is 5. The molecule has 4 aromatic rings. The van der Waals surface area contributed by atoms with E-state index in [-0.39, 0.29) is 6.67 Å². The molecule has 23 heavy (non-hydrogen) atoms. The minimum absolute atomic E-state index is 0.335. The van der Waals surface area contributed by atoms with Crippen molar-refractivity contribution in [1.82, 2.24) is 14.4 Å². The molecule has 0 saturated carbocycles. The molecule has 0 unspecified atom stereocenters. The zero-order valence-corrected chi connectivity index (χ0v) is 13.3. The Balaban J connectivity index is 1.72. The predicted molar refractivity (Wildman–Crippen MR) is 86.9 cm³/mol. The van der Waals surface area contributed by atoms with Crippen LogP contribution in [-0.4, -0.2) is 28.2 Å². The first-order valence-corrected chi connectivity index (χ1v) is 8.08. The number of furan rings is 1. The van der Waals surface area contributed by atoms with E-state index in [9.17, 15) is 4.39 Å². The topological polar surface area (TPSA) is 52.6 Å². The third-order valence-corrected chi connectivity index (χ3v) is 4.58. The lowest BCUT2D eigenvalue weighted by atomic mass is 10.3. The van der Waals surface area contributed by atoms with Crippen LogP contribution in [0.5, 0.6) is 5.88 Å². The van der Waals surface area contributed by atoms with Crippen molar-refractivity contribution in [2.75, 3.05) is 13.8 Å². The number of pyridine rings is 1. The Hall–Kier alpha value is -2.41. The Kier molecular flexibility index (Phi) is 3.49. The summed E-state index contributed by atoms with van der Waals surface area (Å²) in [5, 5.41) is 0. The Morgan fingerprint density at radius 1 is 1.26 bits per heavy atom. The minimum atomic E-state index is -0.335. The summed E-state index contributed by atoms with van der Waals surface area (Å²) < 4.78 is 25.1. The van der Waals surface area contributed by atoms with Gasteiger partial charge in [0.05, 0.1) is 19.3 Å². The molecule has 118 valence electrons. The number of nitrogens with zero attached hydrogens (tertiary/aromatic N) is 3. The summed E-state index contributed by atoms with van der Waals surface area (Å²) in [6.45, 7) is -0.335. The molecule has 5 nitrogen and oxygen atoms in total. The number of hydrogen-bond acceptors (Lipinski definition) is 5. The van der Waals surface area contributed by atoms with Crippen LogP contribution in [-0.2, 0) is 6.42 Å². The summed E-state index contributed by atoms with van der Waals surface area (Å²) in [6.07, 6.45) is 3.01. The molecule has 4 heterocycles. The van der Waals surface area contributed by atoms with Crippen molar-refractivity contribution in [3.05, 3.63) is 36.2 Å². The van der Waals surface area contributed by atoms with Crippen LogP contribution in [0.4, 0.5) is 4.39 Å². The van der Waals surface area contributed by atoms with E-state index in [0.29, 0.717) is 24.5 Å². The largest absolute Gasteiger partial charge is 0.481 e. The lowest BCUT2D eigenvalue weighted by Crippen LogP contribution is -1.86. The molecule has 0 saturated heterocycles. The van der Waals surface area contributed by atoms with Gasteiger partial charge in [-0.1, -0.05) is 11.3 Å². The average Bonchev–Trinajstić information content (AvgIpc) is 3.25. The van der Waals surface area contributed by atoms with E-state index in [2.05, 4.69) is 9.97 Å². The quantitative estimate of drug-likeness (QED) is 0.552. The highest BCUT2D eigenvalue weighted by molar-refractivity contribution is 7.23. The van der Waals surface area contributed by atoms with E-state index in [0.717, 1.165) is 26.8 Å². The molecule has 4 rings (SSSR count). The Morgan fingerprint density at radius 3 is 3.00 bits per heavy atom. The van der Waals surface area contributed by atoms with E-state index < -0.39 is 0 Å². The highest BCUT2D eigenvalue weighted by atomic mass is 32.1. The third kappa shape index (κ3) is 2.46. The van der Waals surface area contributed by atoms with Gasteiger partial charge in [0.1, 0.15) is 16.3 Å². The van der Waals surface area contributed by atoms with Gasteiger partial charge in [-0.3, -0.25) is 8.79 Å². The second kappa shape index (κ2) is 5.66. The van der Waals surface area contributed by atoms with Gasteiger partial charge in [0.25, 0.3) is 0 Å². The monoisotopic (exact) mass is 331 g/mol. The molecule has 0 N–H and O–H groups in total. The summed E-state index contributed by atoms with van der Waals surface area (Å²) in [5.41, 5.74) is 1.74. The SMILES string of the molecule is COc1ccc2c(n1)sc1nc(-c3ccc(CCCF)o3)cn12. The summed E-state index contributed by atoms with van der Waals surface area (Å²) in [4.78, 5) is 10.7. The van der Waals surface area contributed by atoms with Gasteiger partial charge in [-0.15, -0.1) is 0 Å². The molecular weight excluding hydrogens is 317 g/mol. The molecule has 7 heteroatoms. The first-order chi connectivity index (χ1) is 11.3. The Morgan fingerprint density at radius 2 is 2.17 bits per heavy atom. The molecule has 4 aromatic heterocycles. The summed E-state index contributed by atoms with van der Waals surface area (Å²) in [6, 6.07) is 7.55. The Bertz CT molecular complexity index is 972. The zero-order valence-electron chi connectivity index (χ0n) is 12.5. The van der Waals surface area contributed by atoms with Crippen LogP contribution in [0.1, 0.15) is 12.2 Å². The smallest absolute Gasteiger partial charge is 0.214 e.